The van der Waals surface area contributed by atoms with Crippen molar-refractivity contribution in [1.82, 2.24) is 10.4 Å². The SMILES string of the molecule is CC(C)C(=O)NN1C(=O)CC(C(C)C)C1=O. The zero-order chi connectivity index (χ0) is 12.5. The molecule has 1 aliphatic rings. The minimum Gasteiger partial charge on any atom is -0.273 e. The first-order valence-electron chi connectivity index (χ1n) is 5.52. The summed E-state index contributed by atoms with van der Waals surface area (Å²) in [7, 11) is 0. The molecule has 1 heterocycles. The predicted octanol–water partition coefficient (Wildman–Crippen LogP) is 0.705. The number of nitrogens with zero attached hydrogens (tertiary/aromatic N) is 1. The number of hydrogen-bond donors (Lipinski definition) is 1. The van der Waals surface area contributed by atoms with Gasteiger partial charge in [-0.05, 0) is 5.92 Å². The van der Waals surface area contributed by atoms with Gasteiger partial charge in [-0.25, -0.2) is 0 Å². The second-order valence-corrected chi connectivity index (χ2v) is 4.75. The first-order valence-corrected chi connectivity index (χ1v) is 5.52. The number of hydrazine groups is 1. The quantitative estimate of drug-likeness (QED) is 0.720. The number of carbonyl (C=O) groups excluding carboxylic acids is 3. The van der Waals surface area contributed by atoms with Gasteiger partial charge in [-0.2, -0.15) is 5.01 Å². The Morgan fingerprint density at radius 1 is 1.31 bits per heavy atom. The Kier molecular flexibility index (Phi) is 3.67. The fourth-order valence-corrected chi connectivity index (χ4v) is 1.53. The number of rotatable bonds is 3. The summed E-state index contributed by atoms with van der Waals surface area (Å²) < 4.78 is 0. The van der Waals surface area contributed by atoms with E-state index < -0.39 is 0 Å². The van der Waals surface area contributed by atoms with Crippen LogP contribution in [0.2, 0.25) is 0 Å². The molecule has 0 aliphatic carbocycles. The van der Waals surface area contributed by atoms with E-state index in [0.29, 0.717) is 0 Å². The molecule has 1 saturated heterocycles. The van der Waals surface area contributed by atoms with Gasteiger partial charge < -0.3 is 0 Å². The average Bonchev–Trinajstić information content (AvgIpc) is 2.45. The molecule has 1 N–H and O–H groups in total. The van der Waals surface area contributed by atoms with Crippen molar-refractivity contribution in [3.8, 4) is 0 Å². The molecule has 1 unspecified atom stereocenters. The highest BCUT2D eigenvalue weighted by atomic mass is 16.2. The second-order valence-electron chi connectivity index (χ2n) is 4.75. The molecular weight excluding hydrogens is 208 g/mol. The van der Waals surface area contributed by atoms with Crippen LogP contribution in [-0.4, -0.2) is 22.7 Å². The van der Waals surface area contributed by atoms with Crippen LogP contribution in [0.25, 0.3) is 0 Å². The Morgan fingerprint density at radius 3 is 2.25 bits per heavy atom. The maximum atomic E-state index is 11.8. The Hall–Kier alpha value is -1.39. The predicted molar refractivity (Wildman–Crippen MR) is 57.8 cm³/mol. The third kappa shape index (κ3) is 2.40. The van der Waals surface area contributed by atoms with E-state index in [2.05, 4.69) is 5.43 Å². The van der Waals surface area contributed by atoms with Crippen molar-refractivity contribution in [1.29, 1.82) is 0 Å². The van der Waals surface area contributed by atoms with Gasteiger partial charge in [0.15, 0.2) is 0 Å². The van der Waals surface area contributed by atoms with E-state index in [1.807, 2.05) is 13.8 Å². The first kappa shape index (κ1) is 12.7. The van der Waals surface area contributed by atoms with E-state index in [0.717, 1.165) is 5.01 Å². The molecule has 0 saturated carbocycles. The molecule has 1 aliphatic heterocycles. The number of amides is 3. The van der Waals surface area contributed by atoms with E-state index in [-0.39, 0.29) is 41.9 Å². The number of nitrogens with one attached hydrogen (secondary N) is 1. The van der Waals surface area contributed by atoms with Crippen LogP contribution >= 0.6 is 0 Å². The molecule has 0 aromatic heterocycles. The van der Waals surface area contributed by atoms with Gasteiger partial charge in [0.05, 0.1) is 5.92 Å². The maximum absolute atomic E-state index is 11.8. The smallest absolute Gasteiger partial charge is 0.252 e. The van der Waals surface area contributed by atoms with Crippen LogP contribution in [0.15, 0.2) is 0 Å². The summed E-state index contributed by atoms with van der Waals surface area (Å²) in [5.74, 6) is -1.38. The Morgan fingerprint density at radius 2 is 1.88 bits per heavy atom. The minimum atomic E-state index is -0.322. The van der Waals surface area contributed by atoms with E-state index in [9.17, 15) is 14.4 Å². The fourth-order valence-electron chi connectivity index (χ4n) is 1.53. The summed E-state index contributed by atoms with van der Waals surface area (Å²) in [5, 5.41) is 0.868. The van der Waals surface area contributed by atoms with Crippen LogP contribution in [-0.2, 0) is 14.4 Å². The highest BCUT2D eigenvalue weighted by Crippen LogP contribution is 2.25. The van der Waals surface area contributed by atoms with Crippen molar-refractivity contribution in [3.63, 3.8) is 0 Å². The molecule has 0 bridgehead atoms. The monoisotopic (exact) mass is 226 g/mol. The van der Waals surface area contributed by atoms with Crippen LogP contribution < -0.4 is 5.43 Å². The van der Waals surface area contributed by atoms with Gasteiger partial charge in [0.1, 0.15) is 0 Å². The molecule has 5 heteroatoms. The normalized spacial score (nSPS) is 21.1. The van der Waals surface area contributed by atoms with Gasteiger partial charge in [-0.1, -0.05) is 27.7 Å². The van der Waals surface area contributed by atoms with Crippen molar-refractivity contribution < 1.29 is 14.4 Å². The molecule has 0 spiro atoms. The molecule has 16 heavy (non-hydrogen) atoms. The van der Waals surface area contributed by atoms with Crippen LogP contribution in [0.1, 0.15) is 34.1 Å². The van der Waals surface area contributed by atoms with Crippen molar-refractivity contribution in [2.24, 2.45) is 17.8 Å². The highest BCUT2D eigenvalue weighted by molar-refractivity contribution is 6.04. The Balaban J connectivity index is 2.72. The standard InChI is InChI=1S/C11H18N2O3/c1-6(2)8-5-9(14)13(11(8)16)12-10(15)7(3)4/h6-8H,5H2,1-4H3,(H,12,15). The lowest BCUT2D eigenvalue weighted by Gasteiger charge is -2.18. The van der Waals surface area contributed by atoms with E-state index in [4.69, 9.17) is 0 Å². The average molecular weight is 226 g/mol. The van der Waals surface area contributed by atoms with Gasteiger partial charge in [0, 0.05) is 12.3 Å². The molecule has 1 rings (SSSR count). The molecule has 1 atom stereocenters. The Bertz CT molecular complexity index is 323. The van der Waals surface area contributed by atoms with Gasteiger partial charge in [0.2, 0.25) is 11.8 Å². The lowest BCUT2D eigenvalue weighted by molar-refractivity contribution is -0.149. The third-order valence-corrected chi connectivity index (χ3v) is 2.73. The molecule has 0 radical (unpaired) electrons. The first-order chi connectivity index (χ1) is 7.34. The summed E-state index contributed by atoms with van der Waals surface area (Å²) in [4.78, 5) is 34.8. The van der Waals surface area contributed by atoms with Gasteiger partial charge in [-0.15, -0.1) is 0 Å². The van der Waals surface area contributed by atoms with Crippen LogP contribution in [0.5, 0.6) is 0 Å². The van der Waals surface area contributed by atoms with Gasteiger partial charge in [0.25, 0.3) is 5.91 Å². The zero-order valence-electron chi connectivity index (χ0n) is 10.1. The maximum Gasteiger partial charge on any atom is 0.252 e. The molecule has 3 amide bonds. The third-order valence-electron chi connectivity index (χ3n) is 2.73. The lowest BCUT2D eigenvalue weighted by Crippen LogP contribution is -2.47. The summed E-state index contributed by atoms with van der Waals surface area (Å²) in [5.41, 5.74) is 2.36. The van der Waals surface area contributed by atoms with Crippen molar-refractivity contribution in [3.05, 3.63) is 0 Å². The van der Waals surface area contributed by atoms with E-state index in [1.54, 1.807) is 13.8 Å². The van der Waals surface area contributed by atoms with Crippen molar-refractivity contribution >= 4 is 17.7 Å². The second kappa shape index (κ2) is 4.63. The molecule has 90 valence electrons. The largest absolute Gasteiger partial charge is 0.273 e. The molecule has 5 nitrogen and oxygen atoms in total. The van der Waals surface area contributed by atoms with Crippen LogP contribution in [0.4, 0.5) is 0 Å². The molecular formula is C11H18N2O3. The fraction of sp³-hybridized carbons (Fsp3) is 0.727. The molecule has 1 fully saturated rings. The van der Waals surface area contributed by atoms with Crippen LogP contribution in [0.3, 0.4) is 0 Å². The Labute approximate surface area is 95.1 Å². The van der Waals surface area contributed by atoms with Crippen molar-refractivity contribution in [2.75, 3.05) is 0 Å². The van der Waals surface area contributed by atoms with Crippen LogP contribution in [0, 0.1) is 17.8 Å². The molecule has 0 aromatic carbocycles. The van der Waals surface area contributed by atoms with Crippen molar-refractivity contribution in [2.45, 2.75) is 34.1 Å². The minimum absolute atomic E-state index is 0.109. The zero-order valence-corrected chi connectivity index (χ0v) is 10.1. The van der Waals surface area contributed by atoms with E-state index in [1.165, 1.54) is 0 Å². The lowest BCUT2D eigenvalue weighted by atomic mass is 9.95. The number of imide groups is 1. The topological polar surface area (TPSA) is 66.5 Å². The van der Waals surface area contributed by atoms with Gasteiger partial charge in [-0.3, -0.25) is 19.8 Å². The summed E-state index contributed by atoms with van der Waals surface area (Å²) >= 11 is 0. The summed E-state index contributed by atoms with van der Waals surface area (Å²) in [6.45, 7) is 7.20. The highest BCUT2D eigenvalue weighted by Gasteiger charge is 2.41. The van der Waals surface area contributed by atoms with Gasteiger partial charge >= 0.3 is 0 Å². The number of hydrogen-bond acceptors (Lipinski definition) is 3. The van der Waals surface area contributed by atoms with E-state index >= 15 is 0 Å². The molecule has 0 aromatic rings. The summed E-state index contributed by atoms with van der Waals surface area (Å²) in [6.07, 6.45) is 0.189. The summed E-state index contributed by atoms with van der Waals surface area (Å²) in [6, 6.07) is 0. The number of carbonyl (C=O) groups is 3.